The molecular formula is C14H20N2S. The lowest BCUT2D eigenvalue weighted by molar-refractivity contribution is 0.262. The van der Waals surface area contributed by atoms with Gasteiger partial charge in [-0.1, -0.05) is 12.1 Å². The average Bonchev–Trinajstić information content (AvgIpc) is 2.29. The van der Waals surface area contributed by atoms with Crippen molar-refractivity contribution in [3.63, 3.8) is 0 Å². The Labute approximate surface area is 109 Å². The summed E-state index contributed by atoms with van der Waals surface area (Å²) in [6.45, 7) is 5.43. The van der Waals surface area contributed by atoms with Gasteiger partial charge in [-0.25, -0.2) is 0 Å². The molecule has 2 nitrogen and oxygen atoms in total. The molecule has 1 aliphatic rings. The molecule has 1 atom stereocenters. The maximum absolute atomic E-state index is 5.49. The molecule has 1 fully saturated rings. The zero-order chi connectivity index (χ0) is 12.3. The van der Waals surface area contributed by atoms with E-state index in [1.165, 1.54) is 24.8 Å². The number of benzene rings is 1. The largest absolute Gasteiger partial charge is 0.346 e. The molecule has 0 unspecified atom stereocenters. The molecule has 0 saturated carbocycles. The van der Waals surface area contributed by atoms with E-state index in [4.69, 9.17) is 12.2 Å². The molecule has 17 heavy (non-hydrogen) atoms. The third-order valence-corrected chi connectivity index (χ3v) is 3.67. The van der Waals surface area contributed by atoms with Crippen LogP contribution in [-0.4, -0.2) is 22.6 Å². The molecule has 0 bridgehead atoms. The van der Waals surface area contributed by atoms with E-state index in [-0.39, 0.29) is 0 Å². The fourth-order valence-corrected chi connectivity index (χ4v) is 2.71. The number of likely N-dealkylation sites (tertiary alicyclic amines) is 1. The van der Waals surface area contributed by atoms with Gasteiger partial charge in [-0.05, 0) is 63.0 Å². The summed E-state index contributed by atoms with van der Waals surface area (Å²) in [7, 11) is 0. The Morgan fingerprint density at radius 1 is 1.41 bits per heavy atom. The van der Waals surface area contributed by atoms with Gasteiger partial charge in [-0.3, -0.25) is 0 Å². The number of aryl methyl sites for hydroxylation is 1. The highest BCUT2D eigenvalue weighted by Crippen LogP contribution is 2.18. The van der Waals surface area contributed by atoms with Crippen molar-refractivity contribution in [3.05, 3.63) is 29.8 Å². The highest BCUT2D eigenvalue weighted by atomic mass is 32.1. The molecule has 3 heteroatoms. The van der Waals surface area contributed by atoms with E-state index < -0.39 is 0 Å². The summed E-state index contributed by atoms with van der Waals surface area (Å²) in [6.07, 6.45) is 3.82. The minimum atomic E-state index is 0.563. The van der Waals surface area contributed by atoms with Crippen molar-refractivity contribution in [2.45, 2.75) is 39.2 Å². The molecule has 2 rings (SSSR count). The molecule has 1 aliphatic heterocycles. The van der Waals surface area contributed by atoms with Crippen molar-refractivity contribution < 1.29 is 0 Å². The molecule has 0 spiro atoms. The van der Waals surface area contributed by atoms with Crippen molar-refractivity contribution in [3.8, 4) is 0 Å². The quantitative estimate of drug-likeness (QED) is 0.765. The van der Waals surface area contributed by atoms with E-state index in [0.29, 0.717) is 6.04 Å². The molecule has 1 heterocycles. The van der Waals surface area contributed by atoms with Crippen LogP contribution < -0.4 is 5.32 Å². The predicted octanol–water partition coefficient (Wildman–Crippen LogP) is 3.57. The van der Waals surface area contributed by atoms with E-state index in [2.05, 4.69) is 48.3 Å². The van der Waals surface area contributed by atoms with Gasteiger partial charge in [0.1, 0.15) is 0 Å². The number of piperidine rings is 1. The van der Waals surface area contributed by atoms with Crippen molar-refractivity contribution in [2.24, 2.45) is 0 Å². The Bertz CT molecular complexity index is 403. The first-order valence-electron chi connectivity index (χ1n) is 6.31. The molecule has 1 N–H and O–H groups in total. The van der Waals surface area contributed by atoms with Gasteiger partial charge in [0.2, 0.25) is 0 Å². The maximum atomic E-state index is 5.49. The Morgan fingerprint density at radius 2 is 2.24 bits per heavy atom. The number of nitrogens with one attached hydrogen (secondary N) is 1. The zero-order valence-corrected chi connectivity index (χ0v) is 11.4. The standard InChI is InChI=1S/C14H20N2S/c1-11-6-5-8-13(10-11)15-14(17)16-9-4-3-7-12(16)2/h5-6,8,10,12H,3-4,7,9H2,1-2H3,(H,15,17)/t12-/m1/s1. The number of hydrogen-bond donors (Lipinski definition) is 1. The first-order valence-corrected chi connectivity index (χ1v) is 6.72. The van der Waals surface area contributed by atoms with Crippen LogP contribution in [0.4, 0.5) is 5.69 Å². The highest BCUT2D eigenvalue weighted by molar-refractivity contribution is 7.80. The fraction of sp³-hybridized carbons (Fsp3) is 0.500. The maximum Gasteiger partial charge on any atom is 0.173 e. The van der Waals surface area contributed by atoms with Crippen LogP contribution in [0.2, 0.25) is 0 Å². The molecule has 0 radical (unpaired) electrons. The summed E-state index contributed by atoms with van der Waals surface area (Å²) in [5.74, 6) is 0. The van der Waals surface area contributed by atoms with Crippen molar-refractivity contribution in [2.75, 3.05) is 11.9 Å². The van der Waals surface area contributed by atoms with Crippen molar-refractivity contribution in [1.82, 2.24) is 4.90 Å². The Morgan fingerprint density at radius 3 is 2.94 bits per heavy atom. The summed E-state index contributed by atoms with van der Waals surface area (Å²) in [5, 5.41) is 4.20. The number of hydrogen-bond acceptors (Lipinski definition) is 1. The summed E-state index contributed by atoms with van der Waals surface area (Å²) in [6, 6.07) is 8.90. The third kappa shape index (κ3) is 3.19. The first-order chi connectivity index (χ1) is 8.16. The van der Waals surface area contributed by atoms with Gasteiger partial charge in [-0.2, -0.15) is 0 Å². The van der Waals surface area contributed by atoms with Gasteiger partial charge in [0.25, 0.3) is 0 Å². The van der Waals surface area contributed by atoms with Crippen molar-refractivity contribution >= 4 is 23.0 Å². The number of anilines is 1. The van der Waals surface area contributed by atoms with E-state index in [1.54, 1.807) is 0 Å². The molecule has 0 aliphatic carbocycles. The third-order valence-electron chi connectivity index (χ3n) is 3.33. The normalized spacial score (nSPS) is 20.1. The molecule has 0 amide bonds. The molecule has 1 aromatic rings. The average molecular weight is 248 g/mol. The molecule has 1 saturated heterocycles. The second-order valence-electron chi connectivity index (χ2n) is 4.84. The minimum absolute atomic E-state index is 0.563. The summed E-state index contributed by atoms with van der Waals surface area (Å²) in [4.78, 5) is 2.31. The Balaban J connectivity index is 2.01. The van der Waals surface area contributed by atoms with Crippen LogP contribution in [0.15, 0.2) is 24.3 Å². The fourth-order valence-electron chi connectivity index (χ4n) is 2.32. The number of nitrogens with zero attached hydrogens (tertiary/aromatic N) is 1. The minimum Gasteiger partial charge on any atom is -0.346 e. The van der Waals surface area contributed by atoms with Crippen LogP contribution in [0.25, 0.3) is 0 Å². The van der Waals surface area contributed by atoms with E-state index >= 15 is 0 Å². The molecule has 0 aromatic heterocycles. The van der Waals surface area contributed by atoms with Crippen LogP contribution >= 0.6 is 12.2 Å². The van der Waals surface area contributed by atoms with Gasteiger partial charge in [0.05, 0.1) is 0 Å². The van der Waals surface area contributed by atoms with E-state index in [0.717, 1.165) is 17.3 Å². The number of rotatable bonds is 1. The number of thiocarbonyl (C=S) groups is 1. The monoisotopic (exact) mass is 248 g/mol. The van der Waals surface area contributed by atoms with Gasteiger partial charge < -0.3 is 10.2 Å². The van der Waals surface area contributed by atoms with Gasteiger partial charge >= 0.3 is 0 Å². The zero-order valence-electron chi connectivity index (χ0n) is 10.6. The first kappa shape index (κ1) is 12.4. The highest BCUT2D eigenvalue weighted by Gasteiger charge is 2.20. The Kier molecular flexibility index (Phi) is 4.00. The van der Waals surface area contributed by atoms with Gasteiger partial charge in [0, 0.05) is 18.3 Å². The van der Waals surface area contributed by atoms with Gasteiger partial charge in [0.15, 0.2) is 5.11 Å². The van der Waals surface area contributed by atoms with E-state index in [1.807, 2.05) is 0 Å². The van der Waals surface area contributed by atoms with Crippen molar-refractivity contribution in [1.29, 1.82) is 0 Å². The topological polar surface area (TPSA) is 15.3 Å². The lowest BCUT2D eigenvalue weighted by atomic mass is 10.0. The van der Waals surface area contributed by atoms with Crippen LogP contribution in [0.1, 0.15) is 31.7 Å². The second-order valence-corrected chi connectivity index (χ2v) is 5.22. The molecule has 1 aromatic carbocycles. The summed E-state index contributed by atoms with van der Waals surface area (Å²) < 4.78 is 0. The molecular weight excluding hydrogens is 228 g/mol. The SMILES string of the molecule is Cc1cccc(NC(=S)N2CCCC[C@H]2C)c1. The van der Waals surface area contributed by atoms with Crippen LogP contribution in [0, 0.1) is 6.92 Å². The summed E-state index contributed by atoms with van der Waals surface area (Å²) >= 11 is 5.49. The van der Waals surface area contributed by atoms with Crippen LogP contribution in [-0.2, 0) is 0 Å². The van der Waals surface area contributed by atoms with Crippen LogP contribution in [0.3, 0.4) is 0 Å². The second kappa shape index (κ2) is 5.50. The smallest absolute Gasteiger partial charge is 0.173 e. The van der Waals surface area contributed by atoms with Crippen LogP contribution in [0.5, 0.6) is 0 Å². The van der Waals surface area contributed by atoms with Gasteiger partial charge in [-0.15, -0.1) is 0 Å². The Hall–Kier alpha value is -1.09. The predicted molar refractivity (Wildman–Crippen MR) is 77.4 cm³/mol. The molecule has 92 valence electrons. The lowest BCUT2D eigenvalue weighted by Crippen LogP contribution is -2.44. The van der Waals surface area contributed by atoms with E-state index in [9.17, 15) is 0 Å². The lowest BCUT2D eigenvalue weighted by Gasteiger charge is -2.35. The summed E-state index contributed by atoms with van der Waals surface area (Å²) in [5.41, 5.74) is 2.34.